The van der Waals surface area contributed by atoms with Crippen molar-refractivity contribution in [2.75, 3.05) is 6.61 Å². The van der Waals surface area contributed by atoms with Gasteiger partial charge in [0.15, 0.2) is 0 Å². The summed E-state index contributed by atoms with van der Waals surface area (Å²) in [4.78, 5) is 21.8. The van der Waals surface area contributed by atoms with Crippen LogP contribution in [-0.4, -0.2) is 22.1 Å². The molecule has 0 aromatic carbocycles. The number of ether oxygens (including phenoxy) is 1. The highest BCUT2D eigenvalue weighted by molar-refractivity contribution is 5.89. The van der Waals surface area contributed by atoms with Crippen LogP contribution in [0.5, 0.6) is 0 Å². The molecule has 0 aliphatic rings. The van der Waals surface area contributed by atoms with Crippen LogP contribution in [0.25, 0.3) is 0 Å². The smallest absolute Gasteiger partial charge is 0.433 e. The zero-order chi connectivity index (χ0) is 14.7. The minimum Gasteiger partial charge on any atom is -0.461 e. The molecule has 2 rings (SSSR count). The Bertz CT molecular complexity index is 641. The van der Waals surface area contributed by atoms with Gasteiger partial charge in [-0.05, 0) is 31.5 Å². The minimum absolute atomic E-state index is 0.232. The first-order chi connectivity index (χ1) is 9.52. The minimum atomic E-state index is -0.601. The quantitative estimate of drug-likeness (QED) is 0.476. The number of furan rings is 1. The van der Waals surface area contributed by atoms with Crippen molar-refractivity contribution in [1.29, 1.82) is 0 Å². The Morgan fingerprint density at radius 2 is 2.20 bits per heavy atom. The lowest BCUT2D eigenvalue weighted by Gasteiger charge is -2.07. The van der Waals surface area contributed by atoms with Crippen LogP contribution in [0.1, 0.15) is 28.7 Å². The highest BCUT2D eigenvalue weighted by Gasteiger charge is 2.18. The molecule has 0 N–H and O–H groups in total. The Kier molecular flexibility index (Phi) is 3.88. The average Bonchev–Trinajstić information content (AvgIpc) is 2.98. The van der Waals surface area contributed by atoms with Gasteiger partial charge in [-0.1, -0.05) is 0 Å². The third kappa shape index (κ3) is 2.71. The molecule has 0 fully saturated rings. The van der Waals surface area contributed by atoms with E-state index in [0.29, 0.717) is 11.5 Å². The first-order valence-electron chi connectivity index (χ1n) is 6.09. The average molecular weight is 278 g/mol. The van der Waals surface area contributed by atoms with Crippen molar-refractivity contribution >= 4 is 11.9 Å². The zero-order valence-corrected chi connectivity index (χ0v) is 11.2. The first kappa shape index (κ1) is 13.9. The molecule has 0 spiro atoms. The normalized spacial score (nSPS) is 10.5. The van der Waals surface area contributed by atoms with Crippen molar-refractivity contribution in [2.24, 2.45) is 0 Å². The first-order valence-corrected chi connectivity index (χ1v) is 6.09. The Labute approximate surface area is 114 Å². The molecule has 20 heavy (non-hydrogen) atoms. The second-order valence-corrected chi connectivity index (χ2v) is 4.19. The monoisotopic (exact) mass is 278 g/mol. The molecule has 0 unspecified atom stereocenters. The largest absolute Gasteiger partial charge is 0.461 e. The molecular weight excluding hydrogens is 264 g/mol. The van der Waals surface area contributed by atoms with E-state index in [-0.39, 0.29) is 19.0 Å². The van der Waals surface area contributed by atoms with Crippen LogP contribution in [0.15, 0.2) is 28.8 Å². The van der Waals surface area contributed by atoms with Crippen molar-refractivity contribution in [3.8, 4) is 0 Å². The van der Waals surface area contributed by atoms with Crippen LogP contribution in [0.2, 0.25) is 0 Å². The predicted octanol–water partition coefficient (Wildman–Crippen LogP) is 2.52. The Hall–Kier alpha value is -2.57. The fraction of sp³-hybridized carbons (Fsp3) is 0.308. The SMILES string of the molecule is CCOC(=O)c1c(C)ccn1Cc1ccc([N+](=O)[O-])o1. The number of rotatable bonds is 5. The van der Waals surface area contributed by atoms with E-state index in [0.717, 1.165) is 5.56 Å². The van der Waals surface area contributed by atoms with Gasteiger partial charge in [-0.3, -0.25) is 10.1 Å². The van der Waals surface area contributed by atoms with Crippen LogP contribution < -0.4 is 0 Å². The van der Waals surface area contributed by atoms with Gasteiger partial charge in [-0.2, -0.15) is 0 Å². The van der Waals surface area contributed by atoms with E-state index in [2.05, 4.69) is 0 Å². The van der Waals surface area contributed by atoms with Gasteiger partial charge < -0.3 is 13.7 Å². The molecule has 0 radical (unpaired) electrons. The maximum atomic E-state index is 11.9. The molecule has 0 bridgehead atoms. The van der Waals surface area contributed by atoms with Crippen molar-refractivity contribution in [3.05, 3.63) is 51.5 Å². The molecule has 2 aromatic heterocycles. The number of aryl methyl sites for hydroxylation is 1. The molecule has 0 saturated heterocycles. The maximum Gasteiger partial charge on any atom is 0.433 e. The summed E-state index contributed by atoms with van der Waals surface area (Å²) in [6, 6.07) is 4.59. The molecule has 2 heterocycles. The Balaban J connectivity index is 2.25. The standard InChI is InChI=1S/C13H14N2O5/c1-3-19-13(16)12-9(2)6-7-14(12)8-10-4-5-11(20-10)15(17)18/h4-7H,3,8H2,1-2H3. The predicted molar refractivity (Wildman–Crippen MR) is 69.6 cm³/mol. The van der Waals surface area contributed by atoms with Crippen LogP contribution in [0, 0.1) is 17.0 Å². The summed E-state index contributed by atoms with van der Waals surface area (Å²) in [6.45, 7) is 4.05. The van der Waals surface area contributed by atoms with E-state index in [1.54, 1.807) is 30.7 Å². The van der Waals surface area contributed by atoms with Crippen LogP contribution >= 0.6 is 0 Å². The number of carbonyl (C=O) groups excluding carboxylic acids is 1. The molecule has 7 nitrogen and oxygen atoms in total. The van der Waals surface area contributed by atoms with Crippen molar-refractivity contribution in [1.82, 2.24) is 4.57 Å². The van der Waals surface area contributed by atoms with Gasteiger partial charge in [-0.15, -0.1) is 0 Å². The van der Waals surface area contributed by atoms with E-state index in [4.69, 9.17) is 9.15 Å². The fourth-order valence-electron chi connectivity index (χ4n) is 1.91. The lowest BCUT2D eigenvalue weighted by molar-refractivity contribution is -0.402. The summed E-state index contributed by atoms with van der Waals surface area (Å²) in [5, 5.41) is 10.6. The fourth-order valence-corrected chi connectivity index (χ4v) is 1.91. The summed E-state index contributed by atoms with van der Waals surface area (Å²) in [5.41, 5.74) is 1.20. The third-order valence-corrected chi connectivity index (χ3v) is 2.79. The summed E-state index contributed by atoms with van der Waals surface area (Å²) >= 11 is 0. The Morgan fingerprint density at radius 1 is 1.45 bits per heavy atom. The molecule has 7 heteroatoms. The van der Waals surface area contributed by atoms with Gasteiger partial charge in [0.2, 0.25) is 0 Å². The Morgan fingerprint density at radius 3 is 2.80 bits per heavy atom. The highest BCUT2D eigenvalue weighted by atomic mass is 16.6. The number of esters is 1. The van der Waals surface area contributed by atoms with Gasteiger partial charge in [0.25, 0.3) is 0 Å². The van der Waals surface area contributed by atoms with E-state index >= 15 is 0 Å². The second kappa shape index (κ2) is 5.60. The van der Waals surface area contributed by atoms with E-state index in [9.17, 15) is 14.9 Å². The maximum absolute atomic E-state index is 11.9. The number of aromatic nitrogens is 1. The van der Waals surface area contributed by atoms with Crippen molar-refractivity contribution in [2.45, 2.75) is 20.4 Å². The molecule has 0 amide bonds. The molecular formula is C13H14N2O5. The number of nitrogens with zero attached hydrogens (tertiary/aromatic N) is 2. The summed E-state index contributed by atoms with van der Waals surface area (Å²) < 4.78 is 11.7. The number of carbonyl (C=O) groups is 1. The van der Waals surface area contributed by atoms with Gasteiger partial charge in [0.1, 0.15) is 16.4 Å². The summed E-state index contributed by atoms with van der Waals surface area (Å²) in [6.07, 6.45) is 1.72. The topological polar surface area (TPSA) is 87.5 Å². The molecule has 106 valence electrons. The lowest BCUT2D eigenvalue weighted by atomic mass is 10.2. The summed E-state index contributed by atoms with van der Waals surface area (Å²) in [5.74, 6) is -0.338. The second-order valence-electron chi connectivity index (χ2n) is 4.19. The summed E-state index contributed by atoms with van der Waals surface area (Å²) in [7, 11) is 0. The van der Waals surface area contributed by atoms with Crippen LogP contribution in [0.4, 0.5) is 5.88 Å². The van der Waals surface area contributed by atoms with E-state index < -0.39 is 10.9 Å². The molecule has 0 atom stereocenters. The lowest BCUT2D eigenvalue weighted by Crippen LogP contribution is -2.13. The van der Waals surface area contributed by atoms with E-state index in [1.807, 2.05) is 0 Å². The number of hydrogen-bond acceptors (Lipinski definition) is 5. The van der Waals surface area contributed by atoms with Crippen molar-refractivity contribution in [3.63, 3.8) is 0 Å². The molecule has 2 aromatic rings. The van der Waals surface area contributed by atoms with Crippen LogP contribution in [-0.2, 0) is 11.3 Å². The van der Waals surface area contributed by atoms with Gasteiger partial charge in [0.05, 0.1) is 19.2 Å². The van der Waals surface area contributed by atoms with Gasteiger partial charge in [-0.25, -0.2) is 4.79 Å². The molecule has 0 saturated carbocycles. The number of nitro groups is 1. The van der Waals surface area contributed by atoms with E-state index in [1.165, 1.54) is 12.1 Å². The van der Waals surface area contributed by atoms with Crippen molar-refractivity contribution < 1.29 is 18.9 Å². The number of hydrogen-bond donors (Lipinski definition) is 0. The van der Waals surface area contributed by atoms with Crippen LogP contribution in [0.3, 0.4) is 0 Å². The molecule has 0 aliphatic heterocycles. The third-order valence-electron chi connectivity index (χ3n) is 2.79. The zero-order valence-electron chi connectivity index (χ0n) is 11.2. The highest BCUT2D eigenvalue weighted by Crippen LogP contribution is 2.19. The van der Waals surface area contributed by atoms with Gasteiger partial charge >= 0.3 is 11.9 Å². The molecule has 0 aliphatic carbocycles. The van der Waals surface area contributed by atoms with Gasteiger partial charge in [0, 0.05) is 6.20 Å².